The molecule has 10 nitrogen and oxygen atoms in total. The molecule has 0 bridgehead atoms. The number of esters is 1. The number of nitrogens with zero attached hydrogens (tertiary/aromatic N) is 2. The zero-order chi connectivity index (χ0) is 21.2. The summed E-state index contributed by atoms with van der Waals surface area (Å²) in [5.74, 6) is -1.16. The third-order valence-corrected chi connectivity index (χ3v) is 4.22. The molecule has 0 radical (unpaired) electrons. The number of aromatic nitrogens is 2. The van der Waals surface area contributed by atoms with Crippen molar-refractivity contribution in [2.75, 3.05) is 24.7 Å². The van der Waals surface area contributed by atoms with Crippen molar-refractivity contribution in [1.29, 1.82) is 0 Å². The first kappa shape index (κ1) is 22.0. The maximum Gasteiger partial charge on any atom is 0.343 e. The molecule has 0 aliphatic carbocycles. The summed E-state index contributed by atoms with van der Waals surface area (Å²) < 4.78 is 10.1. The fourth-order valence-electron chi connectivity index (χ4n) is 1.94. The number of nitrogens with two attached hydrogens (primary N) is 1. The van der Waals surface area contributed by atoms with Crippen molar-refractivity contribution in [3.8, 4) is 5.75 Å². The summed E-state index contributed by atoms with van der Waals surface area (Å²) in [5, 5.41) is 0.208. The summed E-state index contributed by atoms with van der Waals surface area (Å²) in [5.41, 5.74) is 11.3. The number of hydrazine groups is 1. The lowest BCUT2D eigenvalue weighted by molar-refractivity contribution is -0.128. The first-order chi connectivity index (χ1) is 13.9. The number of rotatable bonds is 8. The van der Waals surface area contributed by atoms with Gasteiger partial charge in [0.15, 0.2) is 11.8 Å². The zero-order valence-corrected chi connectivity index (χ0v) is 16.7. The van der Waals surface area contributed by atoms with Crippen LogP contribution >= 0.6 is 11.8 Å². The zero-order valence-electron chi connectivity index (χ0n) is 15.9. The van der Waals surface area contributed by atoms with E-state index in [2.05, 4.69) is 20.8 Å². The molecule has 2 aromatic rings. The highest BCUT2D eigenvalue weighted by Crippen LogP contribution is 2.16. The topological polar surface area (TPSA) is 146 Å². The van der Waals surface area contributed by atoms with Gasteiger partial charge < -0.3 is 15.2 Å². The molecule has 1 heterocycles. The van der Waals surface area contributed by atoms with E-state index in [-0.39, 0.29) is 35.5 Å². The van der Waals surface area contributed by atoms with E-state index in [9.17, 15) is 14.4 Å². The SMILES string of the molecule is CCOC(=O)c1cnc(SCC(=O)NNC(=O)COc2ccc(C)cc2)nc1N. The van der Waals surface area contributed by atoms with Gasteiger partial charge in [-0.15, -0.1) is 0 Å². The Bertz CT molecular complexity index is 875. The molecule has 11 heteroatoms. The van der Waals surface area contributed by atoms with Gasteiger partial charge in [-0.2, -0.15) is 0 Å². The molecule has 0 saturated carbocycles. The number of benzene rings is 1. The average molecular weight is 419 g/mol. The molecule has 0 saturated heterocycles. The number of hydrogen-bond donors (Lipinski definition) is 3. The van der Waals surface area contributed by atoms with Crippen molar-refractivity contribution < 1.29 is 23.9 Å². The molecule has 4 N–H and O–H groups in total. The van der Waals surface area contributed by atoms with Crippen LogP contribution in [-0.2, 0) is 14.3 Å². The second-order valence-electron chi connectivity index (χ2n) is 5.66. The molecule has 0 atom stereocenters. The van der Waals surface area contributed by atoms with Gasteiger partial charge in [0.25, 0.3) is 5.91 Å². The van der Waals surface area contributed by atoms with Crippen LogP contribution in [0, 0.1) is 6.92 Å². The Kier molecular flexibility index (Phi) is 8.22. The lowest BCUT2D eigenvalue weighted by atomic mass is 10.2. The molecule has 0 aliphatic rings. The van der Waals surface area contributed by atoms with Crippen LogP contribution < -0.4 is 21.3 Å². The maximum atomic E-state index is 11.8. The van der Waals surface area contributed by atoms with Crippen LogP contribution in [0.4, 0.5) is 5.82 Å². The van der Waals surface area contributed by atoms with E-state index < -0.39 is 17.8 Å². The Morgan fingerprint density at radius 1 is 1.14 bits per heavy atom. The van der Waals surface area contributed by atoms with E-state index in [0.29, 0.717) is 5.75 Å². The standard InChI is InChI=1S/C18H21N5O5S/c1-3-27-17(26)13-8-20-18(21-16(13)19)29-10-15(25)23-22-14(24)9-28-12-6-4-11(2)5-7-12/h4-8H,3,9-10H2,1-2H3,(H,22,24)(H,23,25)(H2,19,20,21). The van der Waals surface area contributed by atoms with E-state index in [0.717, 1.165) is 17.3 Å². The molecule has 1 aromatic heterocycles. The summed E-state index contributed by atoms with van der Waals surface area (Å²) in [6.07, 6.45) is 1.24. The summed E-state index contributed by atoms with van der Waals surface area (Å²) in [7, 11) is 0. The minimum atomic E-state index is -0.616. The molecular weight excluding hydrogens is 398 g/mol. The van der Waals surface area contributed by atoms with Gasteiger partial charge in [-0.05, 0) is 26.0 Å². The highest BCUT2D eigenvalue weighted by atomic mass is 32.2. The molecule has 0 spiro atoms. The molecule has 29 heavy (non-hydrogen) atoms. The first-order valence-corrected chi connectivity index (χ1v) is 9.57. The summed E-state index contributed by atoms with van der Waals surface area (Å²) in [6, 6.07) is 7.22. The summed E-state index contributed by atoms with van der Waals surface area (Å²) in [4.78, 5) is 43.1. The van der Waals surface area contributed by atoms with Crippen molar-refractivity contribution in [2.45, 2.75) is 19.0 Å². The number of carbonyl (C=O) groups excluding carboxylic acids is 3. The third kappa shape index (κ3) is 7.30. The smallest absolute Gasteiger partial charge is 0.343 e. The number of carbonyl (C=O) groups is 3. The molecule has 154 valence electrons. The minimum absolute atomic E-state index is 0.0390. The normalized spacial score (nSPS) is 10.1. The fraction of sp³-hybridized carbons (Fsp3) is 0.278. The van der Waals surface area contributed by atoms with Crippen molar-refractivity contribution in [1.82, 2.24) is 20.8 Å². The Morgan fingerprint density at radius 3 is 2.48 bits per heavy atom. The number of thioether (sulfide) groups is 1. The van der Waals surface area contributed by atoms with E-state index in [1.807, 2.05) is 19.1 Å². The average Bonchev–Trinajstić information content (AvgIpc) is 2.70. The molecular formula is C18H21N5O5S. The lowest BCUT2D eigenvalue weighted by Crippen LogP contribution is -2.44. The Morgan fingerprint density at radius 2 is 1.83 bits per heavy atom. The second-order valence-corrected chi connectivity index (χ2v) is 6.60. The van der Waals surface area contributed by atoms with Crippen LogP contribution in [0.5, 0.6) is 5.75 Å². The number of hydrogen-bond acceptors (Lipinski definition) is 9. The monoisotopic (exact) mass is 419 g/mol. The van der Waals surface area contributed by atoms with Crippen LogP contribution in [0.1, 0.15) is 22.8 Å². The number of anilines is 1. The Labute approximate surface area is 171 Å². The number of nitrogens with one attached hydrogen (secondary N) is 2. The predicted molar refractivity (Wildman–Crippen MR) is 106 cm³/mol. The fourth-order valence-corrected chi connectivity index (χ4v) is 2.56. The van der Waals surface area contributed by atoms with Gasteiger partial charge in [0.05, 0.1) is 12.4 Å². The van der Waals surface area contributed by atoms with Crippen LogP contribution in [0.25, 0.3) is 0 Å². The van der Waals surface area contributed by atoms with E-state index in [4.69, 9.17) is 15.2 Å². The van der Waals surface area contributed by atoms with Crippen LogP contribution in [0.3, 0.4) is 0 Å². The second kappa shape index (κ2) is 10.9. The summed E-state index contributed by atoms with van der Waals surface area (Å²) >= 11 is 0.991. The highest BCUT2D eigenvalue weighted by molar-refractivity contribution is 7.99. The quantitative estimate of drug-likeness (QED) is 0.245. The largest absolute Gasteiger partial charge is 0.484 e. The van der Waals surface area contributed by atoms with Crippen LogP contribution in [-0.4, -0.2) is 46.7 Å². The van der Waals surface area contributed by atoms with Crippen LogP contribution in [0.15, 0.2) is 35.6 Å². The van der Waals surface area contributed by atoms with Gasteiger partial charge in [0.2, 0.25) is 5.91 Å². The van der Waals surface area contributed by atoms with Gasteiger partial charge in [-0.3, -0.25) is 20.4 Å². The van der Waals surface area contributed by atoms with Crippen molar-refractivity contribution in [3.63, 3.8) is 0 Å². The Balaban J connectivity index is 1.72. The van der Waals surface area contributed by atoms with Gasteiger partial charge in [-0.25, -0.2) is 14.8 Å². The number of amides is 2. The van der Waals surface area contributed by atoms with Gasteiger partial charge in [0, 0.05) is 6.20 Å². The number of nitrogen functional groups attached to an aromatic ring is 1. The molecule has 2 rings (SSSR count). The highest BCUT2D eigenvalue weighted by Gasteiger charge is 2.14. The minimum Gasteiger partial charge on any atom is -0.484 e. The Hall–Kier alpha value is -3.34. The van der Waals surface area contributed by atoms with Crippen molar-refractivity contribution in [3.05, 3.63) is 41.6 Å². The van der Waals surface area contributed by atoms with Crippen molar-refractivity contribution in [2.24, 2.45) is 0 Å². The molecule has 2 amide bonds. The lowest BCUT2D eigenvalue weighted by Gasteiger charge is -2.09. The van der Waals surface area contributed by atoms with Gasteiger partial charge in [-0.1, -0.05) is 29.5 Å². The van der Waals surface area contributed by atoms with Gasteiger partial charge in [0.1, 0.15) is 17.1 Å². The molecule has 0 fully saturated rings. The van der Waals surface area contributed by atoms with E-state index in [1.54, 1.807) is 19.1 Å². The number of ether oxygens (including phenoxy) is 2. The summed E-state index contributed by atoms with van der Waals surface area (Å²) in [6.45, 7) is 3.57. The van der Waals surface area contributed by atoms with Crippen LogP contribution in [0.2, 0.25) is 0 Å². The first-order valence-electron chi connectivity index (χ1n) is 8.58. The number of aryl methyl sites for hydroxylation is 1. The van der Waals surface area contributed by atoms with Gasteiger partial charge >= 0.3 is 5.97 Å². The maximum absolute atomic E-state index is 11.8. The van der Waals surface area contributed by atoms with Crippen molar-refractivity contribution >= 4 is 35.4 Å². The predicted octanol–water partition coefficient (Wildman–Crippen LogP) is 0.862. The molecule has 0 aliphatic heterocycles. The molecule has 1 aromatic carbocycles. The molecule has 0 unspecified atom stereocenters. The van der Waals surface area contributed by atoms with E-state index >= 15 is 0 Å². The van der Waals surface area contributed by atoms with E-state index in [1.165, 1.54) is 6.20 Å². The third-order valence-electron chi connectivity index (χ3n) is 3.36.